The van der Waals surface area contributed by atoms with E-state index in [-0.39, 0.29) is 49.2 Å². The molecule has 3 fully saturated rings. The predicted molar refractivity (Wildman–Crippen MR) is 87.7 cm³/mol. The molecule has 6 nitrogen and oxygen atoms in total. The van der Waals surface area contributed by atoms with Crippen molar-refractivity contribution in [2.24, 2.45) is 0 Å². The molecule has 140 valence electrons. The van der Waals surface area contributed by atoms with E-state index in [0.717, 1.165) is 32.3 Å². The highest BCUT2D eigenvalue weighted by atomic mass is 16.8. The van der Waals surface area contributed by atoms with Gasteiger partial charge in [-0.25, -0.2) is 0 Å². The maximum absolute atomic E-state index is 6.26. The van der Waals surface area contributed by atoms with E-state index in [1.807, 2.05) is 13.8 Å². The van der Waals surface area contributed by atoms with E-state index in [1.165, 1.54) is 0 Å². The average Bonchev–Trinajstić information content (AvgIpc) is 3.04. The summed E-state index contributed by atoms with van der Waals surface area (Å²) in [5.74, 6) is 0. The lowest BCUT2D eigenvalue weighted by atomic mass is 9.98. The summed E-state index contributed by atoms with van der Waals surface area (Å²) in [6.07, 6.45) is 3.76. The summed E-state index contributed by atoms with van der Waals surface area (Å²) >= 11 is 0. The fourth-order valence-electron chi connectivity index (χ4n) is 3.52. The minimum Gasteiger partial charge on any atom is -0.379 e. The lowest BCUT2D eigenvalue weighted by molar-refractivity contribution is -0.198. The Morgan fingerprint density at radius 1 is 0.792 bits per heavy atom. The van der Waals surface area contributed by atoms with Crippen LogP contribution in [0.15, 0.2) is 0 Å². The third kappa shape index (κ3) is 4.68. The molecule has 0 spiro atoms. The molecule has 0 aliphatic carbocycles. The van der Waals surface area contributed by atoms with Crippen LogP contribution in [0.3, 0.4) is 0 Å². The number of rotatable bonds is 8. The molecule has 3 heterocycles. The van der Waals surface area contributed by atoms with E-state index in [9.17, 15) is 0 Å². The van der Waals surface area contributed by atoms with Crippen LogP contribution >= 0.6 is 0 Å². The summed E-state index contributed by atoms with van der Waals surface area (Å²) < 4.78 is 35.4. The highest BCUT2D eigenvalue weighted by Crippen LogP contribution is 2.40. The van der Waals surface area contributed by atoms with Crippen LogP contribution in [0.5, 0.6) is 0 Å². The summed E-state index contributed by atoms with van der Waals surface area (Å²) in [4.78, 5) is 0. The molecule has 3 aliphatic heterocycles. The van der Waals surface area contributed by atoms with Crippen molar-refractivity contribution in [3.05, 3.63) is 0 Å². The maximum atomic E-state index is 6.26. The Morgan fingerprint density at radius 3 is 2.21 bits per heavy atom. The van der Waals surface area contributed by atoms with E-state index in [4.69, 9.17) is 28.4 Å². The Balaban J connectivity index is 1.43. The Labute approximate surface area is 145 Å². The summed E-state index contributed by atoms with van der Waals surface area (Å²) in [5.41, 5.74) is 0. The van der Waals surface area contributed by atoms with Crippen LogP contribution in [0.1, 0.15) is 53.4 Å². The van der Waals surface area contributed by atoms with Crippen molar-refractivity contribution in [1.29, 1.82) is 0 Å². The van der Waals surface area contributed by atoms with Gasteiger partial charge >= 0.3 is 0 Å². The van der Waals surface area contributed by atoms with Crippen molar-refractivity contribution >= 4 is 0 Å². The van der Waals surface area contributed by atoms with E-state index >= 15 is 0 Å². The third-order valence-corrected chi connectivity index (χ3v) is 4.68. The van der Waals surface area contributed by atoms with Crippen LogP contribution < -0.4 is 0 Å². The Hall–Kier alpha value is -0.240. The molecule has 0 bridgehead atoms. The van der Waals surface area contributed by atoms with Gasteiger partial charge in [0.05, 0.1) is 31.0 Å². The largest absolute Gasteiger partial charge is 0.379 e. The van der Waals surface area contributed by atoms with Gasteiger partial charge in [-0.2, -0.15) is 0 Å². The normalized spacial score (nSPS) is 38.8. The molecule has 6 heteroatoms. The zero-order valence-electron chi connectivity index (χ0n) is 15.3. The number of hydrogen-bond acceptors (Lipinski definition) is 6. The first-order valence-corrected chi connectivity index (χ1v) is 9.38. The van der Waals surface area contributed by atoms with Gasteiger partial charge in [-0.15, -0.1) is 0 Å². The summed E-state index contributed by atoms with van der Waals surface area (Å²) in [5, 5.41) is 0. The van der Waals surface area contributed by atoms with Gasteiger partial charge in [-0.1, -0.05) is 0 Å². The molecule has 3 saturated heterocycles. The molecule has 4 unspecified atom stereocenters. The molecule has 0 aromatic rings. The minimum atomic E-state index is -0.297. The van der Waals surface area contributed by atoms with Crippen LogP contribution in [-0.2, 0) is 28.4 Å². The molecule has 0 N–H and O–H groups in total. The van der Waals surface area contributed by atoms with Crippen molar-refractivity contribution < 1.29 is 28.4 Å². The zero-order chi connectivity index (χ0) is 17.1. The molecular weight excluding hydrogens is 312 g/mol. The molecule has 0 radical (unpaired) electrons. The van der Waals surface area contributed by atoms with Gasteiger partial charge in [0.15, 0.2) is 12.6 Å². The van der Waals surface area contributed by atoms with Gasteiger partial charge in [0.1, 0.15) is 12.2 Å². The Morgan fingerprint density at radius 2 is 1.50 bits per heavy atom. The smallest absolute Gasteiger partial charge is 0.189 e. The van der Waals surface area contributed by atoms with Gasteiger partial charge in [-0.3, -0.25) is 0 Å². The van der Waals surface area contributed by atoms with Crippen molar-refractivity contribution in [2.75, 3.05) is 13.2 Å². The molecule has 0 amide bonds. The molecule has 0 aromatic heterocycles. The van der Waals surface area contributed by atoms with Gasteiger partial charge < -0.3 is 28.4 Å². The predicted octanol–water partition coefficient (Wildman–Crippen LogP) is 2.63. The first-order chi connectivity index (χ1) is 11.5. The lowest BCUT2D eigenvalue weighted by Gasteiger charge is -2.33. The van der Waals surface area contributed by atoms with E-state index in [0.29, 0.717) is 6.61 Å². The lowest BCUT2D eigenvalue weighted by Crippen LogP contribution is -2.42. The fraction of sp³-hybridized carbons (Fsp3) is 1.00. The molecule has 0 aromatic carbocycles. The SMILES string of the molecule is CC(C)OCCC1CCC2O[C@@H]3OC(CCOC(C)C)O[C@@H]3C2O1. The Bertz CT molecular complexity index is 388. The summed E-state index contributed by atoms with van der Waals surface area (Å²) in [6.45, 7) is 9.53. The van der Waals surface area contributed by atoms with Gasteiger partial charge in [-0.05, 0) is 47.0 Å². The maximum Gasteiger partial charge on any atom is 0.189 e. The number of fused-ring (bicyclic) bond motifs is 3. The van der Waals surface area contributed by atoms with Crippen LogP contribution in [0.4, 0.5) is 0 Å². The molecule has 24 heavy (non-hydrogen) atoms. The van der Waals surface area contributed by atoms with E-state index < -0.39 is 0 Å². The third-order valence-electron chi connectivity index (χ3n) is 4.68. The zero-order valence-corrected chi connectivity index (χ0v) is 15.3. The minimum absolute atomic E-state index is 0.0242. The van der Waals surface area contributed by atoms with Crippen LogP contribution in [0.2, 0.25) is 0 Å². The summed E-state index contributed by atoms with van der Waals surface area (Å²) in [6, 6.07) is 0. The number of hydrogen-bond donors (Lipinski definition) is 0. The van der Waals surface area contributed by atoms with E-state index in [1.54, 1.807) is 0 Å². The van der Waals surface area contributed by atoms with Crippen LogP contribution in [0, 0.1) is 0 Å². The molecular formula is C18H32O6. The monoisotopic (exact) mass is 344 g/mol. The molecule has 0 saturated carbocycles. The van der Waals surface area contributed by atoms with Crippen LogP contribution in [0.25, 0.3) is 0 Å². The molecule has 3 aliphatic rings. The fourth-order valence-corrected chi connectivity index (χ4v) is 3.52. The standard InChI is InChI=1S/C18H32O6/c1-11(2)19-9-7-13-5-6-14-16(21-13)17-18(22-14)24-15(23-17)8-10-20-12(3)4/h11-18H,5-10H2,1-4H3/t13?,14?,15?,16?,17-,18-/m1/s1. The number of ether oxygens (including phenoxy) is 6. The first kappa shape index (κ1) is 18.5. The van der Waals surface area contributed by atoms with Crippen LogP contribution in [-0.4, -0.2) is 62.4 Å². The second-order valence-corrected chi connectivity index (χ2v) is 7.43. The molecule has 3 rings (SSSR count). The molecule has 6 atom stereocenters. The van der Waals surface area contributed by atoms with Crippen molar-refractivity contribution in [1.82, 2.24) is 0 Å². The van der Waals surface area contributed by atoms with Crippen molar-refractivity contribution in [3.8, 4) is 0 Å². The quantitative estimate of drug-likeness (QED) is 0.675. The summed E-state index contributed by atoms with van der Waals surface area (Å²) in [7, 11) is 0. The van der Waals surface area contributed by atoms with Gasteiger partial charge in [0.2, 0.25) is 0 Å². The van der Waals surface area contributed by atoms with Gasteiger partial charge in [0.25, 0.3) is 0 Å². The Kier molecular flexibility index (Phi) is 6.51. The van der Waals surface area contributed by atoms with Crippen molar-refractivity contribution in [2.45, 2.75) is 103 Å². The second-order valence-electron chi connectivity index (χ2n) is 7.43. The highest BCUT2D eigenvalue weighted by molar-refractivity contribution is 4.95. The topological polar surface area (TPSA) is 55.4 Å². The first-order valence-electron chi connectivity index (χ1n) is 9.38. The van der Waals surface area contributed by atoms with Gasteiger partial charge in [0, 0.05) is 13.0 Å². The van der Waals surface area contributed by atoms with E-state index in [2.05, 4.69) is 13.8 Å². The highest BCUT2D eigenvalue weighted by Gasteiger charge is 2.54. The second kappa shape index (κ2) is 8.43. The average molecular weight is 344 g/mol. The van der Waals surface area contributed by atoms with Crippen molar-refractivity contribution in [3.63, 3.8) is 0 Å².